The molecule has 0 saturated carbocycles. The van der Waals surface area contributed by atoms with Gasteiger partial charge in [-0.2, -0.15) is 0 Å². The fourth-order valence-corrected chi connectivity index (χ4v) is 2.51. The molecule has 21 heavy (non-hydrogen) atoms. The van der Waals surface area contributed by atoms with Gasteiger partial charge in [-0.1, -0.05) is 46.9 Å². The summed E-state index contributed by atoms with van der Waals surface area (Å²) < 4.78 is 0. The number of nitrogens with one attached hydrogen (secondary N) is 2. The van der Waals surface area contributed by atoms with E-state index in [0.717, 1.165) is 16.8 Å². The van der Waals surface area contributed by atoms with E-state index in [-0.39, 0.29) is 0 Å². The highest BCUT2D eigenvalue weighted by Crippen LogP contribution is 2.23. The van der Waals surface area contributed by atoms with E-state index in [9.17, 15) is 0 Å². The van der Waals surface area contributed by atoms with Gasteiger partial charge in [0.2, 0.25) is 0 Å². The molecule has 0 amide bonds. The van der Waals surface area contributed by atoms with Crippen LogP contribution in [-0.2, 0) is 6.54 Å². The lowest BCUT2D eigenvalue weighted by atomic mass is 10.2. The van der Waals surface area contributed by atoms with Gasteiger partial charge in [0.15, 0.2) is 5.11 Å². The van der Waals surface area contributed by atoms with E-state index in [1.165, 1.54) is 0 Å². The Balaban J connectivity index is 1.94. The number of halogens is 3. The smallest absolute Gasteiger partial charge is 0.171 e. The monoisotopic (exact) mass is 358 g/mol. The number of thiocarbonyl (C=S) groups is 1. The van der Waals surface area contributed by atoms with Gasteiger partial charge >= 0.3 is 0 Å². The predicted octanol–water partition coefficient (Wildman–Crippen LogP) is 5.44. The van der Waals surface area contributed by atoms with Crippen molar-refractivity contribution < 1.29 is 0 Å². The van der Waals surface area contributed by atoms with Crippen LogP contribution in [0.4, 0.5) is 5.69 Å². The number of aryl methyl sites for hydroxylation is 1. The van der Waals surface area contributed by atoms with Crippen LogP contribution < -0.4 is 10.6 Å². The van der Waals surface area contributed by atoms with Crippen LogP contribution in [0.5, 0.6) is 0 Å². The average Bonchev–Trinajstić information content (AvgIpc) is 2.43. The van der Waals surface area contributed by atoms with Crippen LogP contribution in [0.2, 0.25) is 15.1 Å². The summed E-state index contributed by atoms with van der Waals surface area (Å²) in [5.74, 6) is 0. The Morgan fingerprint density at radius 3 is 2.43 bits per heavy atom. The summed E-state index contributed by atoms with van der Waals surface area (Å²) in [6, 6.07) is 11.2. The van der Waals surface area contributed by atoms with Gasteiger partial charge in [0.05, 0.1) is 20.8 Å². The lowest BCUT2D eigenvalue weighted by molar-refractivity contribution is 0.926. The molecule has 0 aliphatic rings. The Bertz CT molecular complexity index is 674. The molecule has 0 spiro atoms. The summed E-state index contributed by atoms with van der Waals surface area (Å²) in [6.07, 6.45) is 0. The second-order valence-corrected chi connectivity index (χ2v) is 6.17. The molecule has 2 aromatic carbocycles. The summed E-state index contributed by atoms with van der Waals surface area (Å²) in [5.41, 5.74) is 2.86. The molecule has 2 aromatic rings. The van der Waals surface area contributed by atoms with E-state index < -0.39 is 0 Å². The largest absolute Gasteiger partial charge is 0.358 e. The van der Waals surface area contributed by atoms with Crippen molar-refractivity contribution in [3.05, 3.63) is 62.6 Å². The van der Waals surface area contributed by atoms with Crippen LogP contribution in [-0.4, -0.2) is 5.11 Å². The van der Waals surface area contributed by atoms with E-state index in [0.29, 0.717) is 26.7 Å². The first-order valence-electron chi connectivity index (χ1n) is 6.20. The molecule has 6 heteroatoms. The quantitative estimate of drug-likeness (QED) is 0.713. The van der Waals surface area contributed by atoms with E-state index in [4.69, 9.17) is 47.0 Å². The summed E-state index contributed by atoms with van der Waals surface area (Å²) in [4.78, 5) is 0. The molecular weight excluding hydrogens is 347 g/mol. The van der Waals surface area contributed by atoms with Crippen molar-refractivity contribution in [1.29, 1.82) is 0 Å². The summed E-state index contributed by atoms with van der Waals surface area (Å²) in [7, 11) is 0. The lowest BCUT2D eigenvalue weighted by Gasteiger charge is -2.12. The fraction of sp³-hybridized carbons (Fsp3) is 0.133. The molecule has 0 atom stereocenters. The van der Waals surface area contributed by atoms with Crippen LogP contribution in [0.25, 0.3) is 0 Å². The number of hydrogen-bond acceptors (Lipinski definition) is 1. The zero-order valence-corrected chi connectivity index (χ0v) is 14.3. The number of hydrogen-bond donors (Lipinski definition) is 2. The molecule has 0 bridgehead atoms. The van der Waals surface area contributed by atoms with Gasteiger partial charge in [0.25, 0.3) is 0 Å². The number of benzene rings is 2. The number of anilines is 1. The van der Waals surface area contributed by atoms with Crippen molar-refractivity contribution in [3.63, 3.8) is 0 Å². The third kappa shape index (κ3) is 4.75. The second-order valence-electron chi connectivity index (χ2n) is 4.54. The maximum absolute atomic E-state index is 6.15. The molecule has 0 aliphatic carbocycles. The Hall–Kier alpha value is -1.000. The maximum Gasteiger partial charge on any atom is 0.171 e. The van der Waals surface area contributed by atoms with E-state index in [1.807, 2.05) is 31.2 Å². The van der Waals surface area contributed by atoms with Crippen molar-refractivity contribution >= 4 is 57.8 Å². The molecule has 0 fully saturated rings. The standard InChI is InChI=1S/C15H13Cl3N2S/c1-9-2-5-14(13(18)6-9)20-15(21)19-8-10-3-4-11(16)12(17)7-10/h2-7H,8H2,1H3,(H2,19,20,21). The average molecular weight is 360 g/mol. The minimum absolute atomic E-state index is 0.492. The Morgan fingerprint density at radius 2 is 1.76 bits per heavy atom. The van der Waals surface area contributed by atoms with Crippen molar-refractivity contribution in [2.45, 2.75) is 13.5 Å². The molecule has 0 saturated heterocycles. The molecular formula is C15H13Cl3N2S. The molecule has 2 rings (SSSR count). The second kappa shape index (κ2) is 7.32. The first-order chi connectivity index (χ1) is 9.95. The maximum atomic E-state index is 6.15. The third-order valence-electron chi connectivity index (χ3n) is 2.81. The summed E-state index contributed by atoms with van der Waals surface area (Å²) in [5, 5.41) is 8.34. The van der Waals surface area contributed by atoms with Gasteiger partial charge in [-0.15, -0.1) is 0 Å². The lowest BCUT2D eigenvalue weighted by Crippen LogP contribution is -2.28. The summed E-state index contributed by atoms with van der Waals surface area (Å²) in [6.45, 7) is 2.53. The molecule has 110 valence electrons. The van der Waals surface area contributed by atoms with Gasteiger partial charge in [-0.25, -0.2) is 0 Å². The van der Waals surface area contributed by atoms with Crippen molar-refractivity contribution in [2.75, 3.05) is 5.32 Å². The van der Waals surface area contributed by atoms with E-state index >= 15 is 0 Å². The number of rotatable bonds is 3. The van der Waals surface area contributed by atoms with Gasteiger partial charge in [-0.3, -0.25) is 0 Å². The summed E-state index contributed by atoms with van der Waals surface area (Å²) >= 11 is 23.2. The predicted molar refractivity (Wildman–Crippen MR) is 95.7 cm³/mol. The Kier molecular flexibility index (Phi) is 5.71. The van der Waals surface area contributed by atoms with Crippen LogP contribution in [0.1, 0.15) is 11.1 Å². The molecule has 2 N–H and O–H groups in total. The molecule has 0 unspecified atom stereocenters. The highest BCUT2D eigenvalue weighted by Gasteiger charge is 2.04. The van der Waals surface area contributed by atoms with Gasteiger partial charge < -0.3 is 10.6 Å². The molecule has 0 radical (unpaired) electrons. The zero-order valence-electron chi connectivity index (χ0n) is 11.2. The first kappa shape index (κ1) is 16.4. The van der Waals surface area contributed by atoms with Crippen molar-refractivity contribution in [3.8, 4) is 0 Å². The van der Waals surface area contributed by atoms with Crippen LogP contribution in [0, 0.1) is 6.92 Å². The molecule has 0 aliphatic heterocycles. The molecule has 0 heterocycles. The minimum Gasteiger partial charge on any atom is -0.358 e. The fourth-order valence-electron chi connectivity index (χ4n) is 1.72. The van der Waals surface area contributed by atoms with Crippen LogP contribution >= 0.6 is 47.0 Å². The topological polar surface area (TPSA) is 24.1 Å². The Morgan fingerprint density at radius 1 is 1.00 bits per heavy atom. The zero-order chi connectivity index (χ0) is 15.4. The van der Waals surface area contributed by atoms with Crippen molar-refractivity contribution in [2.24, 2.45) is 0 Å². The SMILES string of the molecule is Cc1ccc(NC(=S)NCc2ccc(Cl)c(Cl)c2)c(Cl)c1. The van der Waals surface area contributed by atoms with Crippen LogP contribution in [0.3, 0.4) is 0 Å². The minimum atomic E-state index is 0.492. The Labute approximate surface area is 144 Å². The normalized spacial score (nSPS) is 10.3. The van der Waals surface area contributed by atoms with Gasteiger partial charge in [-0.05, 0) is 54.5 Å². The third-order valence-corrected chi connectivity index (χ3v) is 4.11. The van der Waals surface area contributed by atoms with Gasteiger partial charge in [0.1, 0.15) is 0 Å². The first-order valence-corrected chi connectivity index (χ1v) is 7.75. The van der Waals surface area contributed by atoms with Gasteiger partial charge in [0, 0.05) is 6.54 Å². The van der Waals surface area contributed by atoms with E-state index in [1.54, 1.807) is 12.1 Å². The molecule has 2 nitrogen and oxygen atoms in total. The van der Waals surface area contributed by atoms with Crippen molar-refractivity contribution in [1.82, 2.24) is 5.32 Å². The molecule has 0 aromatic heterocycles. The highest BCUT2D eigenvalue weighted by molar-refractivity contribution is 7.80. The van der Waals surface area contributed by atoms with Crippen LogP contribution in [0.15, 0.2) is 36.4 Å². The highest BCUT2D eigenvalue weighted by atomic mass is 35.5. The van der Waals surface area contributed by atoms with E-state index in [2.05, 4.69) is 10.6 Å².